The van der Waals surface area contributed by atoms with Crippen molar-refractivity contribution in [1.82, 2.24) is 5.32 Å². The predicted molar refractivity (Wildman–Crippen MR) is 56.6 cm³/mol. The quantitative estimate of drug-likeness (QED) is 0.756. The van der Waals surface area contributed by atoms with Gasteiger partial charge < -0.3 is 5.32 Å². The van der Waals surface area contributed by atoms with Gasteiger partial charge in [-0.2, -0.15) is 0 Å². The van der Waals surface area contributed by atoms with Gasteiger partial charge in [0.1, 0.15) is 0 Å². The van der Waals surface area contributed by atoms with E-state index in [2.05, 4.69) is 36.7 Å². The third-order valence-corrected chi connectivity index (χ3v) is 2.74. The Morgan fingerprint density at radius 1 is 1.67 bits per heavy atom. The summed E-state index contributed by atoms with van der Waals surface area (Å²) in [4.78, 5) is 1.40. The van der Waals surface area contributed by atoms with Crippen LogP contribution in [0.2, 0.25) is 0 Å². The molecule has 0 amide bonds. The van der Waals surface area contributed by atoms with Crippen LogP contribution in [-0.2, 0) is 0 Å². The molecule has 1 aromatic heterocycles. The molecule has 0 saturated heterocycles. The van der Waals surface area contributed by atoms with E-state index in [1.807, 2.05) is 7.05 Å². The predicted octanol–water partition coefficient (Wildman–Crippen LogP) is 2.68. The molecule has 0 bridgehead atoms. The summed E-state index contributed by atoms with van der Waals surface area (Å²) in [6, 6.07) is 2.18. The highest BCUT2D eigenvalue weighted by Gasteiger charge is 1.99. The van der Waals surface area contributed by atoms with Gasteiger partial charge in [0.15, 0.2) is 0 Å². The average molecular weight is 181 g/mol. The number of hydrogen-bond acceptors (Lipinski definition) is 2. The highest BCUT2D eigenvalue weighted by molar-refractivity contribution is 7.10. The molecule has 1 nitrogen and oxygen atoms in total. The van der Waals surface area contributed by atoms with Gasteiger partial charge in [0.05, 0.1) is 0 Å². The third kappa shape index (κ3) is 2.19. The summed E-state index contributed by atoms with van der Waals surface area (Å²) < 4.78 is 0. The first-order valence-electron chi connectivity index (χ1n) is 4.11. The normalized spacial score (nSPS) is 12.1. The molecule has 1 rings (SSSR count). The molecule has 0 unspecified atom stereocenters. The Hall–Kier alpha value is -0.600. The van der Waals surface area contributed by atoms with Crippen LogP contribution in [0.25, 0.3) is 5.57 Å². The fourth-order valence-electron chi connectivity index (χ4n) is 1.16. The molecule has 1 N–H and O–H groups in total. The summed E-state index contributed by atoms with van der Waals surface area (Å²) >= 11 is 1.80. The Labute approximate surface area is 78.1 Å². The monoisotopic (exact) mass is 181 g/mol. The van der Waals surface area contributed by atoms with Gasteiger partial charge in [0.2, 0.25) is 0 Å². The molecule has 2 heteroatoms. The Morgan fingerprint density at radius 3 is 2.92 bits per heavy atom. The standard InChI is InChI=1S/C10H15NS/c1-8(4-6-11-3)10-5-7-12-9(10)2/h4-5,7,11H,6H2,1-3H3/b8-4+. The van der Waals surface area contributed by atoms with Crippen LogP contribution in [0.1, 0.15) is 17.4 Å². The van der Waals surface area contributed by atoms with Crippen molar-refractivity contribution in [2.75, 3.05) is 13.6 Å². The maximum absolute atomic E-state index is 3.11. The van der Waals surface area contributed by atoms with Gasteiger partial charge in [-0.3, -0.25) is 0 Å². The van der Waals surface area contributed by atoms with Gasteiger partial charge >= 0.3 is 0 Å². The molecular weight excluding hydrogens is 166 g/mol. The molecule has 0 fully saturated rings. The zero-order valence-corrected chi connectivity index (χ0v) is 8.66. The molecule has 12 heavy (non-hydrogen) atoms. The van der Waals surface area contributed by atoms with E-state index in [9.17, 15) is 0 Å². The van der Waals surface area contributed by atoms with Crippen molar-refractivity contribution in [3.63, 3.8) is 0 Å². The maximum atomic E-state index is 3.11. The van der Waals surface area contributed by atoms with Gasteiger partial charge in [-0.25, -0.2) is 0 Å². The second-order valence-corrected chi connectivity index (χ2v) is 3.96. The highest BCUT2D eigenvalue weighted by atomic mass is 32.1. The van der Waals surface area contributed by atoms with E-state index in [4.69, 9.17) is 0 Å². The Morgan fingerprint density at radius 2 is 2.42 bits per heavy atom. The zero-order chi connectivity index (χ0) is 8.97. The van der Waals surface area contributed by atoms with Crippen LogP contribution in [0, 0.1) is 6.92 Å². The molecule has 0 aliphatic carbocycles. The van der Waals surface area contributed by atoms with Crippen molar-refractivity contribution < 1.29 is 0 Å². The van der Waals surface area contributed by atoms with Gasteiger partial charge in [0.25, 0.3) is 0 Å². The first kappa shape index (κ1) is 9.49. The van der Waals surface area contributed by atoms with Crippen LogP contribution in [-0.4, -0.2) is 13.6 Å². The summed E-state index contributed by atoms with van der Waals surface area (Å²) in [7, 11) is 1.96. The fourth-order valence-corrected chi connectivity index (χ4v) is 1.92. The lowest BCUT2D eigenvalue weighted by Gasteiger charge is -1.99. The van der Waals surface area contributed by atoms with Crippen LogP contribution in [0.3, 0.4) is 0 Å². The molecule has 0 aliphatic rings. The van der Waals surface area contributed by atoms with E-state index in [0.717, 1.165) is 6.54 Å². The highest BCUT2D eigenvalue weighted by Crippen LogP contribution is 2.22. The van der Waals surface area contributed by atoms with Crippen molar-refractivity contribution in [1.29, 1.82) is 0 Å². The second-order valence-electron chi connectivity index (χ2n) is 2.84. The van der Waals surface area contributed by atoms with Crippen molar-refractivity contribution in [3.8, 4) is 0 Å². The van der Waals surface area contributed by atoms with E-state index < -0.39 is 0 Å². The number of rotatable bonds is 3. The molecule has 0 radical (unpaired) electrons. The summed E-state index contributed by atoms with van der Waals surface area (Å²) in [5, 5.41) is 5.25. The molecule has 66 valence electrons. The van der Waals surface area contributed by atoms with Crippen molar-refractivity contribution in [2.45, 2.75) is 13.8 Å². The maximum Gasteiger partial charge on any atom is 0.0137 e. The largest absolute Gasteiger partial charge is 0.316 e. The zero-order valence-electron chi connectivity index (χ0n) is 7.85. The van der Waals surface area contributed by atoms with Gasteiger partial charge in [-0.15, -0.1) is 11.3 Å². The van der Waals surface area contributed by atoms with Crippen molar-refractivity contribution >= 4 is 16.9 Å². The molecule has 0 atom stereocenters. The van der Waals surface area contributed by atoms with E-state index in [-0.39, 0.29) is 0 Å². The van der Waals surface area contributed by atoms with Crippen LogP contribution in [0.5, 0.6) is 0 Å². The van der Waals surface area contributed by atoms with Crippen molar-refractivity contribution in [2.24, 2.45) is 0 Å². The topological polar surface area (TPSA) is 12.0 Å². The minimum atomic E-state index is 0.946. The summed E-state index contributed by atoms with van der Waals surface area (Å²) in [5.41, 5.74) is 2.75. The van der Waals surface area contributed by atoms with E-state index in [0.29, 0.717) is 0 Å². The molecule has 0 aromatic carbocycles. The van der Waals surface area contributed by atoms with Gasteiger partial charge in [0, 0.05) is 11.4 Å². The van der Waals surface area contributed by atoms with Crippen LogP contribution in [0.4, 0.5) is 0 Å². The first-order valence-corrected chi connectivity index (χ1v) is 4.99. The number of thiophene rings is 1. The summed E-state index contributed by atoms with van der Waals surface area (Å²) in [6.07, 6.45) is 2.22. The number of hydrogen-bond donors (Lipinski definition) is 1. The van der Waals surface area contributed by atoms with E-state index in [1.54, 1.807) is 11.3 Å². The molecule has 0 saturated carbocycles. The second kappa shape index (κ2) is 4.43. The lowest BCUT2D eigenvalue weighted by atomic mass is 10.1. The minimum absolute atomic E-state index is 0.946. The lowest BCUT2D eigenvalue weighted by molar-refractivity contribution is 0.920. The minimum Gasteiger partial charge on any atom is -0.316 e. The Kier molecular flexibility index (Phi) is 3.50. The molecular formula is C10H15NS. The van der Waals surface area contributed by atoms with Crippen LogP contribution < -0.4 is 5.32 Å². The summed E-state index contributed by atoms with van der Waals surface area (Å²) in [5.74, 6) is 0. The van der Waals surface area contributed by atoms with Crippen molar-refractivity contribution in [3.05, 3.63) is 28.0 Å². The smallest absolute Gasteiger partial charge is 0.0137 e. The number of allylic oxidation sites excluding steroid dienone is 1. The SMILES string of the molecule is CNC/C=C(\C)c1ccsc1C. The average Bonchev–Trinajstić information content (AvgIpc) is 2.47. The molecule has 0 aliphatic heterocycles. The number of nitrogens with one attached hydrogen (secondary N) is 1. The number of aryl methyl sites for hydroxylation is 1. The number of likely N-dealkylation sites (N-methyl/N-ethyl adjacent to an activating group) is 1. The van der Waals surface area contributed by atoms with Gasteiger partial charge in [-0.1, -0.05) is 6.08 Å². The fraction of sp³-hybridized carbons (Fsp3) is 0.400. The van der Waals surface area contributed by atoms with E-state index >= 15 is 0 Å². The molecule has 1 heterocycles. The Balaban J connectivity index is 2.77. The van der Waals surface area contributed by atoms with Crippen LogP contribution >= 0.6 is 11.3 Å². The third-order valence-electron chi connectivity index (χ3n) is 1.90. The van der Waals surface area contributed by atoms with Crippen LogP contribution in [0.15, 0.2) is 17.5 Å². The summed E-state index contributed by atoms with van der Waals surface area (Å²) in [6.45, 7) is 5.27. The Bertz CT molecular complexity index is 273. The molecule has 1 aromatic rings. The molecule has 0 spiro atoms. The van der Waals surface area contributed by atoms with E-state index in [1.165, 1.54) is 16.0 Å². The lowest BCUT2D eigenvalue weighted by Crippen LogP contribution is -2.04. The first-order chi connectivity index (χ1) is 5.75. The van der Waals surface area contributed by atoms with Gasteiger partial charge in [-0.05, 0) is 43.5 Å².